The number of aryl methyl sites for hydroxylation is 1. The summed E-state index contributed by atoms with van der Waals surface area (Å²) in [7, 11) is 2.05. The summed E-state index contributed by atoms with van der Waals surface area (Å²) in [5.41, 5.74) is 4.32. The van der Waals surface area contributed by atoms with Gasteiger partial charge in [0.1, 0.15) is 0 Å². The van der Waals surface area contributed by atoms with Crippen molar-refractivity contribution in [1.82, 2.24) is 0 Å². The minimum Gasteiger partial charge on any atom is -0.481 e. The highest BCUT2D eigenvalue weighted by Crippen LogP contribution is 2.22. The first-order valence-electron chi connectivity index (χ1n) is 6.62. The molecule has 0 bridgehead atoms. The molecule has 0 atom stereocenters. The molecular formula is C17H19NO2. The van der Waals surface area contributed by atoms with Crippen LogP contribution >= 0.6 is 0 Å². The summed E-state index contributed by atoms with van der Waals surface area (Å²) in [4.78, 5) is 12.9. The maximum atomic E-state index is 10.7. The zero-order valence-electron chi connectivity index (χ0n) is 11.8. The lowest BCUT2D eigenvalue weighted by Crippen LogP contribution is -2.17. The van der Waals surface area contributed by atoms with Crippen LogP contribution in [0.1, 0.15) is 16.7 Å². The van der Waals surface area contributed by atoms with Crippen molar-refractivity contribution >= 4 is 11.7 Å². The molecule has 0 amide bonds. The quantitative estimate of drug-likeness (QED) is 0.905. The van der Waals surface area contributed by atoms with Crippen LogP contribution in [0.2, 0.25) is 0 Å². The van der Waals surface area contributed by atoms with Gasteiger partial charge >= 0.3 is 5.97 Å². The van der Waals surface area contributed by atoms with Crippen LogP contribution in [-0.4, -0.2) is 18.1 Å². The Labute approximate surface area is 119 Å². The van der Waals surface area contributed by atoms with Crippen LogP contribution in [0, 0.1) is 6.92 Å². The molecule has 0 spiro atoms. The molecule has 0 aliphatic heterocycles. The first kappa shape index (κ1) is 14.1. The molecule has 2 aromatic rings. The van der Waals surface area contributed by atoms with Gasteiger partial charge in [-0.05, 0) is 29.7 Å². The predicted octanol–water partition coefficient (Wildman–Crippen LogP) is 3.26. The number of nitrogens with zero attached hydrogens (tertiary/aromatic N) is 1. The number of hydrogen-bond donors (Lipinski definition) is 1. The van der Waals surface area contributed by atoms with Crippen molar-refractivity contribution in [3.63, 3.8) is 0 Å². The SMILES string of the molecule is Cc1cc(CC(=O)O)ccc1N(C)Cc1ccccc1. The molecule has 3 nitrogen and oxygen atoms in total. The molecule has 0 saturated heterocycles. The van der Waals surface area contributed by atoms with Gasteiger partial charge < -0.3 is 10.0 Å². The number of hydrogen-bond acceptors (Lipinski definition) is 2. The fourth-order valence-electron chi connectivity index (χ4n) is 2.37. The van der Waals surface area contributed by atoms with Crippen molar-refractivity contribution in [2.75, 3.05) is 11.9 Å². The van der Waals surface area contributed by atoms with Crippen LogP contribution in [0.25, 0.3) is 0 Å². The summed E-state index contributed by atoms with van der Waals surface area (Å²) in [6, 6.07) is 16.1. The number of aliphatic carboxylic acids is 1. The number of rotatable bonds is 5. The van der Waals surface area contributed by atoms with E-state index < -0.39 is 5.97 Å². The molecule has 2 rings (SSSR count). The molecule has 0 aromatic heterocycles. The average Bonchev–Trinajstić information content (AvgIpc) is 2.39. The molecule has 0 fully saturated rings. The third kappa shape index (κ3) is 3.60. The molecular weight excluding hydrogens is 250 g/mol. The van der Waals surface area contributed by atoms with E-state index in [2.05, 4.69) is 17.0 Å². The van der Waals surface area contributed by atoms with Gasteiger partial charge in [0.25, 0.3) is 0 Å². The van der Waals surface area contributed by atoms with Crippen LogP contribution in [-0.2, 0) is 17.8 Å². The van der Waals surface area contributed by atoms with Crippen LogP contribution in [0.4, 0.5) is 5.69 Å². The minimum atomic E-state index is -0.796. The van der Waals surface area contributed by atoms with E-state index in [-0.39, 0.29) is 6.42 Å². The summed E-state index contributed by atoms with van der Waals surface area (Å²) >= 11 is 0. The normalized spacial score (nSPS) is 10.3. The lowest BCUT2D eigenvalue weighted by atomic mass is 10.1. The second-order valence-corrected chi connectivity index (χ2v) is 5.03. The van der Waals surface area contributed by atoms with E-state index in [1.807, 2.05) is 50.4 Å². The standard InChI is InChI=1S/C17H19NO2/c1-13-10-15(11-17(19)20)8-9-16(13)18(2)12-14-6-4-3-5-7-14/h3-10H,11-12H2,1-2H3,(H,19,20). The number of carboxylic acid groups (broad SMARTS) is 1. The van der Waals surface area contributed by atoms with Crippen LogP contribution in [0.5, 0.6) is 0 Å². The Bertz CT molecular complexity index is 593. The van der Waals surface area contributed by atoms with Gasteiger partial charge in [-0.2, -0.15) is 0 Å². The summed E-state index contributed by atoms with van der Waals surface area (Å²) in [6.07, 6.45) is 0.0729. The Balaban J connectivity index is 2.14. The highest BCUT2D eigenvalue weighted by atomic mass is 16.4. The molecule has 0 aliphatic rings. The lowest BCUT2D eigenvalue weighted by Gasteiger charge is -2.22. The maximum Gasteiger partial charge on any atom is 0.307 e. The summed E-state index contributed by atoms with van der Waals surface area (Å²) in [5.74, 6) is -0.796. The second kappa shape index (κ2) is 6.24. The minimum absolute atomic E-state index is 0.0729. The lowest BCUT2D eigenvalue weighted by molar-refractivity contribution is -0.136. The van der Waals surface area contributed by atoms with Crippen molar-refractivity contribution < 1.29 is 9.90 Å². The third-order valence-corrected chi connectivity index (χ3v) is 3.29. The average molecular weight is 269 g/mol. The second-order valence-electron chi connectivity index (χ2n) is 5.03. The fraction of sp³-hybridized carbons (Fsp3) is 0.235. The number of benzene rings is 2. The molecule has 3 heteroatoms. The number of anilines is 1. The van der Waals surface area contributed by atoms with E-state index in [0.29, 0.717) is 0 Å². The molecule has 0 aliphatic carbocycles. The molecule has 20 heavy (non-hydrogen) atoms. The van der Waals surface area contributed by atoms with Crippen molar-refractivity contribution in [3.05, 3.63) is 65.2 Å². The Morgan fingerprint density at radius 3 is 2.40 bits per heavy atom. The van der Waals surface area contributed by atoms with E-state index in [1.165, 1.54) is 5.56 Å². The molecule has 2 aromatic carbocycles. The van der Waals surface area contributed by atoms with Crippen LogP contribution in [0.15, 0.2) is 48.5 Å². The van der Waals surface area contributed by atoms with Gasteiger partial charge in [0.05, 0.1) is 6.42 Å². The molecule has 0 saturated carbocycles. The maximum absolute atomic E-state index is 10.7. The first-order chi connectivity index (χ1) is 9.56. The van der Waals surface area contributed by atoms with Gasteiger partial charge in [-0.25, -0.2) is 0 Å². The van der Waals surface area contributed by atoms with Gasteiger partial charge in [0.2, 0.25) is 0 Å². The van der Waals surface area contributed by atoms with Crippen molar-refractivity contribution in [3.8, 4) is 0 Å². The monoisotopic (exact) mass is 269 g/mol. The zero-order chi connectivity index (χ0) is 14.5. The molecule has 1 N–H and O–H groups in total. The topological polar surface area (TPSA) is 40.5 Å². The third-order valence-electron chi connectivity index (χ3n) is 3.29. The van der Waals surface area contributed by atoms with Crippen molar-refractivity contribution in [2.24, 2.45) is 0 Å². The largest absolute Gasteiger partial charge is 0.481 e. The predicted molar refractivity (Wildman–Crippen MR) is 81.1 cm³/mol. The van der Waals surface area contributed by atoms with Gasteiger partial charge in [-0.15, -0.1) is 0 Å². The van der Waals surface area contributed by atoms with Crippen LogP contribution < -0.4 is 4.90 Å². The smallest absolute Gasteiger partial charge is 0.307 e. The summed E-state index contributed by atoms with van der Waals surface area (Å²) in [6.45, 7) is 2.85. The van der Waals surface area contributed by atoms with E-state index in [4.69, 9.17) is 5.11 Å². The van der Waals surface area contributed by atoms with Gasteiger partial charge in [-0.3, -0.25) is 4.79 Å². The highest BCUT2D eigenvalue weighted by Gasteiger charge is 2.07. The Morgan fingerprint density at radius 1 is 1.10 bits per heavy atom. The Kier molecular flexibility index (Phi) is 4.41. The van der Waals surface area contributed by atoms with Crippen molar-refractivity contribution in [1.29, 1.82) is 0 Å². The Morgan fingerprint density at radius 2 is 1.80 bits per heavy atom. The van der Waals surface area contributed by atoms with E-state index >= 15 is 0 Å². The molecule has 0 radical (unpaired) electrons. The number of carbonyl (C=O) groups is 1. The summed E-state index contributed by atoms with van der Waals surface area (Å²) in [5, 5.41) is 8.82. The highest BCUT2D eigenvalue weighted by molar-refractivity contribution is 5.71. The van der Waals surface area contributed by atoms with Gasteiger partial charge in [0, 0.05) is 19.3 Å². The zero-order valence-corrected chi connectivity index (χ0v) is 11.8. The fourth-order valence-corrected chi connectivity index (χ4v) is 2.37. The number of carboxylic acids is 1. The van der Waals surface area contributed by atoms with Gasteiger partial charge in [0.15, 0.2) is 0 Å². The van der Waals surface area contributed by atoms with Gasteiger partial charge in [-0.1, -0.05) is 42.5 Å². The van der Waals surface area contributed by atoms with E-state index in [9.17, 15) is 4.79 Å². The van der Waals surface area contributed by atoms with E-state index in [1.54, 1.807) is 0 Å². The van der Waals surface area contributed by atoms with Crippen molar-refractivity contribution in [2.45, 2.75) is 19.9 Å². The molecule has 0 unspecified atom stereocenters. The Hall–Kier alpha value is -2.29. The molecule has 104 valence electrons. The first-order valence-corrected chi connectivity index (χ1v) is 6.62. The summed E-state index contributed by atoms with van der Waals surface area (Å²) < 4.78 is 0. The van der Waals surface area contributed by atoms with E-state index in [0.717, 1.165) is 23.4 Å². The molecule has 0 heterocycles. The van der Waals surface area contributed by atoms with Crippen LogP contribution in [0.3, 0.4) is 0 Å².